The van der Waals surface area contributed by atoms with Crippen molar-refractivity contribution in [3.63, 3.8) is 0 Å². The van der Waals surface area contributed by atoms with E-state index in [1.165, 1.54) is 13.2 Å². The van der Waals surface area contributed by atoms with E-state index < -0.39 is 16.8 Å². The van der Waals surface area contributed by atoms with Gasteiger partial charge in [-0.2, -0.15) is 0 Å². The average molecular weight is 394 g/mol. The topological polar surface area (TPSA) is 108 Å². The highest BCUT2D eigenvalue weighted by atomic mass is 16.6. The van der Waals surface area contributed by atoms with E-state index in [1.807, 2.05) is 0 Å². The van der Waals surface area contributed by atoms with Crippen LogP contribution in [0.2, 0.25) is 0 Å². The number of amides is 1. The number of hydrogen-bond donors (Lipinski definition) is 1. The van der Waals surface area contributed by atoms with Gasteiger partial charge in [0.25, 0.3) is 11.6 Å². The molecule has 0 radical (unpaired) electrons. The molecule has 0 aliphatic carbocycles. The van der Waals surface area contributed by atoms with Crippen LogP contribution in [0.3, 0.4) is 0 Å². The number of esters is 1. The first-order chi connectivity index (χ1) is 14.0. The zero-order valence-electron chi connectivity index (χ0n) is 15.6. The molecule has 0 aliphatic rings. The maximum Gasteiger partial charge on any atom is 0.325 e. The molecule has 8 nitrogen and oxygen atoms in total. The van der Waals surface area contributed by atoms with Crippen molar-refractivity contribution in [3.8, 4) is 5.75 Å². The molecule has 1 N–H and O–H groups in total. The third-order valence-electron chi connectivity index (χ3n) is 4.26. The molecule has 148 valence electrons. The van der Waals surface area contributed by atoms with Crippen molar-refractivity contribution in [2.45, 2.75) is 6.61 Å². The van der Waals surface area contributed by atoms with Crippen molar-refractivity contribution < 1.29 is 24.0 Å². The first kappa shape index (κ1) is 19.8. The lowest BCUT2D eigenvalue weighted by Crippen LogP contribution is -2.30. The largest absolute Gasteiger partial charge is 0.497 e. The molecule has 29 heavy (non-hydrogen) atoms. The predicted molar refractivity (Wildman–Crippen MR) is 106 cm³/mol. The van der Waals surface area contributed by atoms with Crippen LogP contribution in [0.1, 0.15) is 15.9 Å². The van der Waals surface area contributed by atoms with Gasteiger partial charge in [-0.3, -0.25) is 19.7 Å². The molecule has 0 spiro atoms. The fraction of sp³-hybridized carbons (Fsp3) is 0.143. The Kier molecular flexibility index (Phi) is 6.03. The Morgan fingerprint density at radius 1 is 1.03 bits per heavy atom. The summed E-state index contributed by atoms with van der Waals surface area (Å²) in [6.07, 6.45) is 0. The minimum Gasteiger partial charge on any atom is -0.497 e. The van der Waals surface area contributed by atoms with Crippen LogP contribution in [-0.4, -0.2) is 30.5 Å². The normalized spacial score (nSPS) is 10.4. The van der Waals surface area contributed by atoms with Crippen LogP contribution >= 0.6 is 0 Å². The molecule has 0 heterocycles. The molecule has 3 aromatic carbocycles. The van der Waals surface area contributed by atoms with Crippen molar-refractivity contribution >= 4 is 28.3 Å². The molecule has 0 unspecified atom stereocenters. The van der Waals surface area contributed by atoms with Gasteiger partial charge < -0.3 is 14.8 Å². The second kappa shape index (κ2) is 8.83. The second-order valence-electron chi connectivity index (χ2n) is 6.16. The highest BCUT2D eigenvalue weighted by Crippen LogP contribution is 2.29. The Balaban J connectivity index is 1.68. The minimum atomic E-state index is -0.700. The van der Waals surface area contributed by atoms with Crippen molar-refractivity contribution in [1.82, 2.24) is 5.32 Å². The zero-order chi connectivity index (χ0) is 20.8. The van der Waals surface area contributed by atoms with E-state index >= 15 is 0 Å². The average Bonchev–Trinajstić information content (AvgIpc) is 2.75. The lowest BCUT2D eigenvalue weighted by atomic mass is 10.0. The van der Waals surface area contributed by atoms with Gasteiger partial charge in [0.2, 0.25) is 0 Å². The molecule has 3 rings (SSSR count). The third kappa shape index (κ3) is 4.86. The summed E-state index contributed by atoms with van der Waals surface area (Å²) in [6.45, 7) is -0.633. The number of rotatable bonds is 7. The van der Waals surface area contributed by atoms with Gasteiger partial charge in [0.1, 0.15) is 18.9 Å². The standard InChI is InChI=1S/C21H18N2O6/c1-28-18-8-7-15-11-19(23(26)27)17(9-16(15)10-18)13-29-20(24)12-22-21(25)14-5-3-2-4-6-14/h2-11H,12-13H2,1H3,(H,22,25). The molecule has 0 saturated heterocycles. The molecular formula is C21H18N2O6. The van der Waals surface area contributed by atoms with E-state index in [4.69, 9.17) is 9.47 Å². The van der Waals surface area contributed by atoms with Gasteiger partial charge in [-0.15, -0.1) is 0 Å². The predicted octanol–water partition coefficient (Wildman–Crippen LogP) is 3.23. The van der Waals surface area contributed by atoms with Crippen molar-refractivity contribution in [3.05, 3.63) is 81.9 Å². The summed E-state index contributed by atoms with van der Waals surface area (Å²) in [6, 6.07) is 16.6. The molecule has 0 saturated carbocycles. The summed E-state index contributed by atoms with van der Waals surface area (Å²) in [5.41, 5.74) is 0.515. The number of nitro groups is 1. The van der Waals surface area contributed by atoms with Crippen LogP contribution in [0.15, 0.2) is 60.7 Å². The molecule has 0 aromatic heterocycles. The van der Waals surface area contributed by atoms with Crippen molar-refractivity contribution in [2.75, 3.05) is 13.7 Å². The fourth-order valence-corrected chi connectivity index (χ4v) is 2.78. The van der Waals surface area contributed by atoms with Gasteiger partial charge in [0, 0.05) is 11.6 Å². The summed E-state index contributed by atoms with van der Waals surface area (Å²) >= 11 is 0. The van der Waals surface area contributed by atoms with Crippen LogP contribution < -0.4 is 10.1 Å². The van der Waals surface area contributed by atoms with E-state index in [0.29, 0.717) is 16.7 Å². The monoisotopic (exact) mass is 394 g/mol. The molecular weight excluding hydrogens is 376 g/mol. The Morgan fingerprint density at radius 3 is 2.48 bits per heavy atom. The Morgan fingerprint density at radius 2 is 1.79 bits per heavy atom. The highest BCUT2D eigenvalue weighted by Gasteiger charge is 2.17. The van der Waals surface area contributed by atoms with Gasteiger partial charge in [0.05, 0.1) is 17.6 Å². The van der Waals surface area contributed by atoms with Crippen molar-refractivity contribution in [1.29, 1.82) is 0 Å². The molecule has 0 aliphatic heterocycles. The number of nitro benzene ring substituents is 1. The van der Waals surface area contributed by atoms with Gasteiger partial charge >= 0.3 is 5.97 Å². The number of methoxy groups -OCH3 is 1. The Bertz CT molecular complexity index is 1070. The summed E-state index contributed by atoms with van der Waals surface area (Å²) < 4.78 is 10.3. The van der Waals surface area contributed by atoms with Crippen LogP contribution in [0.25, 0.3) is 10.8 Å². The summed E-state index contributed by atoms with van der Waals surface area (Å²) in [5, 5.41) is 15.2. The number of nitrogens with one attached hydrogen (secondary N) is 1. The number of ether oxygens (including phenoxy) is 2. The molecule has 0 bridgehead atoms. The summed E-state index contributed by atoms with van der Waals surface area (Å²) in [5.74, 6) is -0.501. The van der Waals surface area contributed by atoms with E-state index in [-0.39, 0.29) is 24.4 Å². The summed E-state index contributed by atoms with van der Waals surface area (Å²) in [7, 11) is 1.53. The van der Waals surface area contributed by atoms with Gasteiger partial charge in [-0.05, 0) is 41.1 Å². The Hall–Kier alpha value is -3.94. The Labute approximate surface area is 166 Å². The first-order valence-corrected chi connectivity index (χ1v) is 8.72. The van der Waals surface area contributed by atoms with E-state index in [1.54, 1.807) is 54.6 Å². The number of nitrogens with zero attached hydrogens (tertiary/aromatic N) is 1. The maximum absolute atomic E-state index is 12.0. The molecule has 8 heteroatoms. The van der Waals surface area contributed by atoms with E-state index in [9.17, 15) is 19.7 Å². The SMILES string of the molecule is COc1ccc2cc([N+](=O)[O-])c(COC(=O)CNC(=O)c3ccccc3)cc2c1. The van der Waals surface area contributed by atoms with Gasteiger partial charge in [-0.25, -0.2) is 0 Å². The minimum absolute atomic E-state index is 0.149. The molecule has 0 fully saturated rings. The van der Waals surface area contributed by atoms with E-state index in [0.717, 1.165) is 5.39 Å². The molecule has 1 amide bonds. The highest BCUT2D eigenvalue weighted by molar-refractivity contribution is 5.95. The van der Waals surface area contributed by atoms with Crippen LogP contribution in [0.5, 0.6) is 5.75 Å². The molecule has 0 atom stereocenters. The lowest BCUT2D eigenvalue weighted by molar-refractivity contribution is -0.385. The van der Waals surface area contributed by atoms with Crippen LogP contribution in [0, 0.1) is 10.1 Å². The van der Waals surface area contributed by atoms with Crippen molar-refractivity contribution in [2.24, 2.45) is 0 Å². The number of carbonyl (C=O) groups is 2. The smallest absolute Gasteiger partial charge is 0.325 e. The maximum atomic E-state index is 12.0. The second-order valence-corrected chi connectivity index (χ2v) is 6.16. The zero-order valence-corrected chi connectivity index (χ0v) is 15.6. The summed E-state index contributed by atoms with van der Waals surface area (Å²) in [4.78, 5) is 34.8. The number of fused-ring (bicyclic) bond motifs is 1. The van der Waals surface area contributed by atoms with Crippen LogP contribution in [-0.2, 0) is 16.1 Å². The number of carbonyl (C=O) groups excluding carboxylic acids is 2. The molecule has 3 aromatic rings. The lowest BCUT2D eigenvalue weighted by Gasteiger charge is -2.09. The first-order valence-electron chi connectivity index (χ1n) is 8.72. The number of hydrogen-bond acceptors (Lipinski definition) is 6. The van der Waals surface area contributed by atoms with Gasteiger partial charge in [0.15, 0.2) is 0 Å². The fourth-order valence-electron chi connectivity index (χ4n) is 2.78. The third-order valence-corrected chi connectivity index (χ3v) is 4.26. The van der Waals surface area contributed by atoms with E-state index in [2.05, 4.69) is 5.32 Å². The van der Waals surface area contributed by atoms with Crippen LogP contribution in [0.4, 0.5) is 5.69 Å². The van der Waals surface area contributed by atoms with Gasteiger partial charge in [-0.1, -0.05) is 24.3 Å². The quantitative estimate of drug-likeness (QED) is 0.374. The number of benzene rings is 3.